The van der Waals surface area contributed by atoms with Gasteiger partial charge in [-0.2, -0.15) is 0 Å². The van der Waals surface area contributed by atoms with Gasteiger partial charge >= 0.3 is 12.0 Å². The first-order valence-electron chi connectivity index (χ1n) is 6.89. The third kappa shape index (κ3) is 4.22. The Morgan fingerprint density at radius 2 is 2.05 bits per heavy atom. The molecule has 0 bridgehead atoms. The Labute approximate surface area is 117 Å². The number of carboxylic acid groups (broad SMARTS) is 1. The normalized spacial score (nSPS) is 15.0. The van der Waals surface area contributed by atoms with Crippen LogP contribution in [0.25, 0.3) is 0 Å². The van der Waals surface area contributed by atoms with Crippen LogP contribution < -0.4 is 10.6 Å². The number of urea groups is 1. The van der Waals surface area contributed by atoms with Crippen molar-refractivity contribution in [2.75, 3.05) is 11.9 Å². The highest BCUT2D eigenvalue weighted by atomic mass is 16.4. The van der Waals surface area contributed by atoms with Crippen LogP contribution in [0, 0.1) is 5.92 Å². The van der Waals surface area contributed by atoms with E-state index in [-0.39, 0.29) is 11.7 Å². The summed E-state index contributed by atoms with van der Waals surface area (Å²) in [7, 11) is 0. The largest absolute Gasteiger partial charge is 0.477 e. The second kappa shape index (κ2) is 6.88. The van der Waals surface area contributed by atoms with E-state index in [0.29, 0.717) is 12.2 Å². The molecule has 0 unspecified atom stereocenters. The summed E-state index contributed by atoms with van der Waals surface area (Å²) in [5.41, 5.74) is 0.436. The zero-order chi connectivity index (χ0) is 14.4. The van der Waals surface area contributed by atoms with Gasteiger partial charge < -0.3 is 15.7 Å². The predicted octanol–water partition coefficient (Wildman–Crippen LogP) is 2.48. The van der Waals surface area contributed by atoms with E-state index in [9.17, 15) is 9.59 Å². The van der Waals surface area contributed by atoms with E-state index in [4.69, 9.17) is 5.11 Å². The average molecular weight is 277 g/mol. The molecule has 0 atom stereocenters. The van der Waals surface area contributed by atoms with Crippen molar-refractivity contribution in [1.82, 2.24) is 10.3 Å². The topological polar surface area (TPSA) is 91.3 Å². The Hall–Kier alpha value is -2.11. The highest BCUT2D eigenvalue weighted by Crippen LogP contribution is 2.26. The summed E-state index contributed by atoms with van der Waals surface area (Å²) in [4.78, 5) is 26.0. The van der Waals surface area contributed by atoms with Gasteiger partial charge in [-0.1, -0.05) is 25.7 Å². The van der Waals surface area contributed by atoms with E-state index in [1.807, 2.05) is 0 Å². The van der Waals surface area contributed by atoms with Crippen molar-refractivity contribution < 1.29 is 14.7 Å². The van der Waals surface area contributed by atoms with Crippen molar-refractivity contribution in [3.63, 3.8) is 0 Å². The van der Waals surface area contributed by atoms with Crippen molar-refractivity contribution >= 4 is 17.7 Å². The minimum atomic E-state index is -1.09. The molecule has 6 heteroatoms. The molecule has 2 rings (SSSR count). The van der Waals surface area contributed by atoms with Crippen LogP contribution in [0.2, 0.25) is 0 Å². The van der Waals surface area contributed by atoms with Gasteiger partial charge in [0.25, 0.3) is 0 Å². The first-order chi connectivity index (χ1) is 9.65. The van der Waals surface area contributed by atoms with Crippen LogP contribution in [-0.2, 0) is 0 Å². The lowest BCUT2D eigenvalue weighted by molar-refractivity contribution is 0.0690. The van der Waals surface area contributed by atoms with Crippen LogP contribution >= 0.6 is 0 Å². The number of amides is 2. The molecule has 1 aromatic heterocycles. The highest BCUT2D eigenvalue weighted by molar-refractivity contribution is 5.90. The maximum absolute atomic E-state index is 11.6. The lowest BCUT2D eigenvalue weighted by Crippen LogP contribution is -2.30. The van der Waals surface area contributed by atoms with Gasteiger partial charge in [-0.25, -0.2) is 14.6 Å². The Morgan fingerprint density at radius 3 is 2.65 bits per heavy atom. The summed E-state index contributed by atoms with van der Waals surface area (Å²) in [5, 5.41) is 14.1. The second-order valence-electron chi connectivity index (χ2n) is 5.06. The monoisotopic (exact) mass is 277 g/mol. The molecule has 0 spiro atoms. The summed E-state index contributed by atoms with van der Waals surface area (Å²) >= 11 is 0. The Morgan fingerprint density at radius 1 is 1.30 bits per heavy atom. The van der Waals surface area contributed by atoms with Gasteiger partial charge in [0.05, 0.1) is 11.9 Å². The molecule has 1 heterocycles. The molecule has 0 aliphatic heterocycles. The number of hydrogen-bond acceptors (Lipinski definition) is 3. The number of aromatic nitrogens is 1. The number of rotatable bonds is 5. The van der Waals surface area contributed by atoms with Crippen molar-refractivity contribution in [1.29, 1.82) is 0 Å². The summed E-state index contributed by atoms with van der Waals surface area (Å²) in [6.45, 7) is 0.664. The minimum Gasteiger partial charge on any atom is -0.477 e. The molecule has 1 aromatic rings. The van der Waals surface area contributed by atoms with Crippen molar-refractivity contribution in [2.24, 2.45) is 5.92 Å². The molecule has 1 fully saturated rings. The van der Waals surface area contributed by atoms with Gasteiger partial charge in [0.1, 0.15) is 5.69 Å². The number of carboxylic acids is 1. The van der Waals surface area contributed by atoms with Crippen molar-refractivity contribution in [3.8, 4) is 0 Å². The standard InChI is InChI=1S/C14H19N3O3/c18-13(19)12-6-5-11(9-16-12)17-14(20)15-8-7-10-3-1-2-4-10/h5-6,9-10H,1-4,7-8H2,(H,18,19)(H2,15,17,20). The van der Waals surface area contributed by atoms with E-state index < -0.39 is 5.97 Å². The quantitative estimate of drug-likeness (QED) is 0.771. The van der Waals surface area contributed by atoms with Crippen LogP contribution in [-0.4, -0.2) is 28.6 Å². The molecule has 1 saturated carbocycles. The van der Waals surface area contributed by atoms with E-state index in [0.717, 1.165) is 12.3 Å². The van der Waals surface area contributed by atoms with Gasteiger partial charge in [0, 0.05) is 6.54 Å². The first-order valence-corrected chi connectivity index (χ1v) is 6.89. The number of anilines is 1. The van der Waals surface area contributed by atoms with E-state index in [2.05, 4.69) is 15.6 Å². The fraction of sp³-hybridized carbons (Fsp3) is 0.500. The predicted molar refractivity (Wildman–Crippen MR) is 74.8 cm³/mol. The number of aromatic carboxylic acids is 1. The molecule has 108 valence electrons. The molecule has 0 saturated heterocycles. The molecule has 20 heavy (non-hydrogen) atoms. The number of pyridine rings is 1. The van der Waals surface area contributed by atoms with Crippen molar-refractivity contribution in [2.45, 2.75) is 32.1 Å². The molecular formula is C14H19N3O3. The molecule has 1 aliphatic carbocycles. The second-order valence-corrected chi connectivity index (χ2v) is 5.06. The number of nitrogens with one attached hydrogen (secondary N) is 2. The van der Waals surface area contributed by atoms with E-state index in [1.54, 1.807) is 0 Å². The van der Waals surface area contributed by atoms with Gasteiger partial charge in [0.15, 0.2) is 0 Å². The lowest BCUT2D eigenvalue weighted by Gasteiger charge is -2.10. The molecule has 3 N–H and O–H groups in total. The fourth-order valence-electron chi connectivity index (χ4n) is 2.46. The highest BCUT2D eigenvalue weighted by Gasteiger charge is 2.14. The van der Waals surface area contributed by atoms with Crippen molar-refractivity contribution in [3.05, 3.63) is 24.0 Å². The maximum atomic E-state index is 11.6. The smallest absolute Gasteiger partial charge is 0.354 e. The Balaban J connectivity index is 1.71. The number of nitrogens with zero attached hydrogens (tertiary/aromatic N) is 1. The van der Waals surface area contributed by atoms with Crippen LogP contribution in [0.5, 0.6) is 0 Å². The van der Waals surface area contributed by atoms with E-state index >= 15 is 0 Å². The van der Waals surface area contributed by atoms with Crippen LogP contribution in [0.15, 0.2) is 18.3 Å². The van der Waals surface area contributed by atoms with Gasteiger partial charge in [0.2, 0.25) is 0 Å². The summed E-state index contributed by atoms with van der Waals surface area (Å²) in [6.07, 6.45) is 7.49. The third-order valence-corrected chi connectivity index (χ3v) is 3.55. The fourth-order valence-corrected chi connectivity index (χ4v) is 2.46. The number of carbonyl (C=O) groups is 2. The molecule has 0 radical (unpaired) electrons. The van der Waals surface area contributed by atoms with Crippen LogP contribution in [0.1, 0.15) is 42.6 Å². The molecule has 0 aromatic carbocycles. The summed E-state index contributed by atoms with van der Waals surface area (Å²) in [6, 6.07) is 2.59. The minimum absolute atomic E-state index is 0.0443. The molecular weight excluding hydrogens is 258 g/mol. The van der Waals surface area contributed by atoms with Crippen LogP contribution in [0.4, 0.5) is 10.5 Å². The van der Waals surface area contributed by atoms with Gasteiger partial charge in [-0.05, 0) is 24.5 Å². The molecule has 2 amide bonds. The van der Waals surface area contributed by atoms with Crippen LogP contribution in [0.3, 0.4) is 0 Å². The van der Waals surface area contributed by atoms with E-state index in [1.165, 1.54) is 44.0 Å². The first kappa shape index (κ1) is 14.3. The Bertz CT molecular complexity index is 467. The third-order valence-electron chi connectivity index (χ3n) is 3.55. The van der Waals surface area contributed by atoms with Gasteiger partial charge in [-0.3, -0.25) is 0 Å². The molecule has 6 nitrogen and oxygen atoms in total. The number of carbonyl (C=O) groups excluding carboxylic acids is 1. The summed E-state index contributed by atoms with van der Waals surface area (Å²) in [5.74, 6) is -0.343. The Kier molecular flexibility index (Phi) is 4.92. The zero-order valence-electron chi connectivity index (χ0n) is 11.3. The van der Waals surface area contributed by atoms with Gasteiger partial charge in [-0.15, -0.1) is 0 Å². The lowest BCUT2D eigenvalue weighted by atomic mass is 10.0. The number of hydrogen-bond donors (Lipinski definition) is 3. The summed E-state index contributed by atoms with van der Waals surface area (Å²) < 4.78 is 0. The molecule has 1 aliphatic rings. The average Bonchev–Trinajstić information content (AvgIpc) is 2.92. The zero-order valence-corrected chi connectivity index (χ0v) is 11.3. The maximum Gasteiger partial charge on any atom is 0.354 e. The SMILES string of the molecule is O=C(NCCC1CCCC1)Nc1ccc(C(=O)O)nc1.